The Morgan fingerprint density at radius 1 is 1.09 bits per heavy atom. The maximum Gasteiger partial charge on any atom is 0.416 e. The number of hydrazone groups is 1. The summed E-state index contributed by atoms with van der Waals surface area (Å²) < 4.78 is 37.6. The van der Waals surface area contributed by atoms with Crippen molar-refractivity contribution in [2.24, 2.45) is 5.10 Å². The van der Waals surface area contributed by atoms with Crippen molar-refractivity contribution in [1.82, 2.24) is 5.43 Å². The van der Waals surface area contributed by atoms with Crippen molar-refractivity contribution in [3.63, 3.8) is 0 Å². The molecular weight excluding hydrogens is 293 g/mol. The average Bonchev–Trinajstić information content (AvgIpc) is 2.48. The van der Waals surface area contributed by atoms with E-state index in [1.54, 1.807) is 12.1 Å². The number of amides is 1. The number of nitrogens with zero attached hydrogens (tertiary/aromatic N) is 1. The first-order chi connectivity index (χ1) is 10.4. The molecule has 0 radical (unpaired) electrons. The Labute approximate surface area is 125 Å². The molecule has 0 aliphatic heterocycles. The van der Waals surface area contributed by atoms with Gasteiger partial charge in [-0.25, -0.2) is 5.43 Å². The number of rotatable bonds is 4. The molecule has 0 spiro atoms. The fourth-order valence-electron chi connectivity index (χ4n) is 1.79. The van der Waals surface area contributed by atoms with Gasteiger partial charge in [-0.1, -0.05) is 42.5 Å². The maximum absolute atomic E-state index is 12.5. The summed E-state index contributed by atoms with van der Waals surface area (Å²) in [5.74, 6) is -0.338. The molecule has 0 heterocycles. The summed E-state index contributed by atoms with van der Waals surface area (Å²) in [6.45, 7) is 0. The molecule has 0 unspecified atom stereocenters. The van der Waals surface area contributed by atoms with Crippen LogP contribution in [-0.4, -0.2) is 12.1 Å². The number of hydrogen-bond donors (Lipinski definition) is 1. The number of nitrogens with one attached hydrogen (secondary N) is 1. The van der Waals surface area contributed by atoms with Crippen LogP contribution < -0.4 is 5.43 Å². The molecule has 1 N–H and O–H groups in total. The highest BCUT2D eigenvalue weighted by molar-refractivity contribution is 5.83. The Kier molecular flexibility index (Phi) is 4.93. The zero-order valence-electron chi connectivity index (χ0n) is 11.5. The van der Waals surface area contributed by atoms with Gasteiger partial charge in [0.05, 0.1) is 18.2 Å². The molecule has 0 fully saturated rings. The van der Waals surface area contributed by atoms with E-state index in [-0.39, 0.29) is 17.9 Å². The average molecular weight is 306 g/mol. The van der Waals surface area contributed by atoms with Crippen molar-refractivity contribution in [2.75, 3.05) is 0 Å². The minimum atomic E-state index is -4.40. The summed E-state index contributed by atoms with van der Waals surface area (Å²) in [5, 5.41) is 3.67. The zero-order valence-corrected chi connectivity index (χ0v) is 11.5. The Hall–Kier alpha value is -2.63. The van der Waals surface area contributed by atoms with Gasteiger partial charge in [-0.3, -0.25) is 4.79 Å². The van der Waals surface area contributed by atoms with E-state index in [2.05, 4.69) is 10.5 Å². The molecule has 2 aromatic carbocycles. The van der Waals surface area contributed by atoms with Gasteiger partial charge in [0.25, 0.3) is 0 Å². The van der Waals surface area contributed by atoms with Gasteiger partial charge in [0.15, 0.2) is 0 Å². The van der Waals surface area contributed by atoms with Gasteiger partial charge in [-0.2, -0.15) is 18.3 Å². The second kappa shape index (κ2) is 6.89. The molecule has 0 aromatic heterocycles. The number of alkyl halides is 3. The van der Waals surface area contributed by atoms with Gasteiger partial charge in [0.2, 0.25) is 5.91 Å². The fraction of sp³-hybridized carbons (Fsp3) is 0.125. The van der Waals surface area contributed by atoms with Gasteiger partial charge in [-0.05, 0) is 23.3 Å². The van der Waals surface area contributed by atoms with Gasteiger partial charge in [0.1, 0.15) is 0 Å². The van der Waals surface area contributed by atoms with E-state index >= 15 is 0 Å². The van der Waals surface area contributed by atoms with Crippen LogP contribution >= 0.6 is 0 Å². The van der Waals surface area contributed by atoms with Crippen molar-refractivity contribution in [3.05, 3.63) is 71.3 Å². The normalized spacial score (nSPS) is 11.6. The highest BCUT2D eigenvalue weighted by Crippen LogP contribution is 2.29. The summed E-state index contributed by atoms with van der Waals surface area (Å²) in [7, 11) is 0. The SMILES string of the molecule is O=C(Cc1ccccc1)NN=Cc1cccc(C(F)(F)F)c1. The Morgan fingerprint density at radius 3 is 2.50 bits per heavy atom. The minimum Gasteiger partial charge on any atom is -0.273 e. The van der Waals surface area contributed by atoms with E-state index in [0.717, 1.165) is 17.7 Å². The molecule has 3 nitrogen and oxygen atoms in total. The number of carbonyl (C=O) groups excluding carboxylic acids is 1. The number of hydrogen-bond acceptors (Lipinski definition) is 2. The summed E-state index contributed by atoms with van der Waals surface area (Å²) in [6, 6.07) is 13.8. The van der Waals surface area contributed by atoms with Crippen molar-refractivity contribution < 1.29 is 18.0 Å². The van der Waals surface area contributed by atoms with Crippen LogP contribution in [0, 0.1) is 0 Å². The van der Waals surface area contributed by atoms with Gasteiger partial charge >= 0.3 is 6.18 Å². The van der Waals surface area contributed by atoms with Crippen molar-refractivity contribution in [1.29, 1.82) is 0 Å². The van der Waals surface area contributed by atoms with Crippen LogP contribution in [0.3, 0.4) is 0 Å². The number of benzene rings is 2. The lowest BCUT2D eigenvalue weighted by molar-refractivity contribution is -0.137. The topological polar surface area (TPSA) is 41.5 Å². The van der Waals surface area contributed by atoms with Crippen molar-refractivity contribution in [2.45, 2.75) is 12.6 Å². The van der Waals surface area contributed by atoms with E-state index in [9.17, 15) is 18.0 Å². The quantitative estimate of drug-likeness (QED) is 0.682. The number of carbonyl (C=O) groups is 1. The first kappa shape index (κ1) is 15.8. The third-order valence-corrected chi connectivity index (χ3v) is 2.82. The molecule has 114 valence electrons. The third-order valence-electron chi connectivity index (χ3n) is 2.82. The van der Waals surface area contributed by atoms with Crippen LogP contribution in [0.15, 0.2) is 59.7 Å². The number of halogens is 3. The molecule has 0 aliphatic rings. The van der Waals surface area contributed by atoms with E-state index in [1.807, 2.05) is 18.2 Å². The lowest BCUT2D eigenvalue weighted by Gasteiger charge is -2.06. The summed E-state index contributed by atoms with van der Waals surface area (Å²) in [5.41, 5.74) is 2.62. The molecular formula is C16H13F3N2O. The molecule has 0 atom stereocenters. The Balaban J connectivity index is 1.94. The van der Waals surface area contributed by atoms with E-state index in [4.69, 9.17) is 0 Å². The molecule has 0 saturated heterocycles. The summed E-state index contributed by atoms with van der Waals surface area (Å²) in [4.78, 5) is 11.6. The standard InChI is InChI=1S/C16H13F3N2O/c17-16(18,19)14-8-4-7-13(9-14)11-20-21-15(22)10-12-5-2-1-3-6-12/h1-9,11H,10H2,(H,21,22). The Bertz CT molecular complexity index is 667. The molecule has 0 aliphatic carbocycles. The zero-order chi connectivity index (χ0) is 16.0. The monoisotopic (exact) mass is 306 g/mol. The maximum atomic E-state index is 12.5. The van der Waals surface area contributed by atoms with E-state index in [0.29, 0.717) is 0 Å². The Morgan fingerprint density at radius 2 is 1.82 bits per heavy atom. The van der Waals surface area contributed by atoms with Crippen molar-refractivity contribution >= 4 is 12.1 Å². The second-order valence-corrected chi connectivity index (χ2v) is 4.58. The molecule has 2 rings (SSSR count). The smallest absolute Gasteiger partial charge is 0.273 e. The molecule has 0 saturated carbocycles. The highest BCUT2D eigenvalue weighted by Gasteiger charge is 2.30. The summed E-state index contributed by atoms with van der Waals surface area (Å²) in [6.07, 6.45) is -3.07. The molecule has 2 aromatic rings. The predicted molar refractivity (Wildman–Crippen MR) is 77.3 cm³/mol. The lowest BCUT2D eigenvalue weighted by Crippen LogP contribution is -2.19. The summed E-state index contributed by atoms with van der Waals surface area (Å²) >= 11 is 0. The predicted octanol–water partition coefficient (Wildman–Crippen LogP) is 3.40. The highest BCUT2D eigenvalue weighted by atomic mass is 19.4. The molecule has 1 amide bonds. The van der Waals surface area contributed by atoms with E-state index < -0.39 is 11.7 Å². The lowest BCUT2D eigenvalue weighted by atomic mass is 10.1. The van der Waals surface area contributed by atoms with E-state index in [1.165, 1.54) is 18.3 Å². The molecule has 6 heteroatoms. The first-order valence-electron chi connectivity index (χ1n) is 6.48. The molecule has 0 bridgehead atoms. The second-order valence-electron chi connectivity index (χ2n) is 4.58. The van der Waals surface area contributed by atoms with Gasteiger partial charge in [0, 0.05) is 0 Å². The van der Waals surface area contributed by atoms with Gasteiger partial charge < -0.3 is 0 Å². The van der Waals surface area contributed by atoms with Crippen LogP contribution in [0.25, 0.3) is 0 Å². The first-order valence-corrected chi connectivity index (χ1v) is 6.48. The van der Waals surface area contributed by atoms with Crippen LogP contribution in [0.5, 0.6) is 0 Å². The third kappa shape index (κ3) is 4.73. The fourth-order valence-corrected chi connectivity index (χ4v) is 1.79. The largest absolute Gasteiger partial charge is 0.416 e. The minimum absolute atomic E-state index is 0.154. The van der Waals surface area contributed by atoms with Crippen LogP contribution in [0.1, 0.15) is 16.7 Å². The van der Waals surface area contributed by atoms with Gasteiger partial charge in [-0.15, -0.1) is 0 Å². The molecule has 22 heavy (non-hydrogen) atoms. The van der Waals surface area contributed by atoms with Crippen LogP contribution in [-0.2, 0) is 17.4 Å². The van der Waals surface area contributed by atoms with Crippen LogP contribution in [0.2, 0.25) is 0 Å². The van der Waals surface area contributed by atoms with Crippen molar-refractivity contribution in [3.8, 4) is 0 Å². The van der Waals surface area contributed by atoms with Crippen LogP contribution in [0.4, 0.5) is 13.2 Å².